The van der Waals surface area contributed by atoms with Crippen LogP contribution in [-0.4, -0.2) is 31.8 Å². The fourth-order valence-electron chi connectivity index (χ4n) is 3.30. The fourth-order valence-corrected chi connectivity index (χ4v) is 4.15. The molecule has 2 aromatic rings. The summed E-state index contributed by atoms with van der Waals surface area (Å²) in [7, 11) is 1.83. The summed E-state index contributed by atoms with van der Waals surface area (Å²) in [5.41, 5.74) is 7.73. The van der Waals surface area contributed by atoms with Crippen LogP contribution in [0.1, 0.15) is 49.2 Å². The molecular formula is C19H25N5O2S. The molecule has 7 nitrogen and oxygen atoms in total. The second-order valence-corrected chi connectivity index (χ2v) is 8.14. The lowest BCUT2D eigenvalue weighted by molar-refractivity contribution is -0.121. The maximum atomic E-state index is 12.7. The second-order valence-electron chi connectivity index (χ2n) is 6.84. The highest BCUT2D eigenvalue weighted by Gasteiger charge is 2.25. The van der Waals surface area contributed by atoms with Crippen LogP contribution in [0.3, 0.4) is 0 Å². The third-order valence-electron chi connectivity index (χ3n) is 4.86. The molecule has 1 aliphatic carbocycles. The van der Waals surface area contributed by atoms with E-state index in [9.17, 15) is 9.59 Å². The minimum absolute atomic E-state index is 0.0108. The van der Waals surface area contributed by atoms with Crippen molar-refractivity contribution < 1.29 is 9.59 Å². The predicted molar refractivity (Wildman–Crippen MR) is 104 cm³/mol. The van der Waals surface area contributed by atoms with Crippen molar-refractivity contribution in [2.24, 2.45) is 12.8 Å². The number of primary amides is 1. The van der Waals surface area contributed by atoms with E-state index in [1.807, 2.05) is 30.7 Å². The van der Waals surface area contributed by atoms with Crippen molar-refractivity contribution in [3.05, 3.63) is 41.2 Å². The van der Waals surface area contributed by atoms with Gasteiger partial charge in [0, 0.05) is 19.9 Å². The van der Waals surface area contributed by atoms with E-state index >= 15 is 0 Å². The Morgan fingerprint density at radius 1 is 1.37 bits per heavy atom. The molecule has 144 valence electrons. The zero-order valence-corrected chi connectivity index (χ0v) is 16.5. The minimum atomic E-state index is -0.368. The Morgan fingerprint density at radius 2 is 2.15 bits per heavy atom. The smallest absolute Gasteiger partial charge is 0.233 e. The van der Waals surface area contributed by atoms with Gasteiger partial charge in [-0.3, -0.25) is 9.59 Å². The van der Waals surface area contributed by atoms with Gasteiger partial charge in [-0.1, -0.05) is 36.0 Å². The Kier molecular flexibility index (Phi) is 6.15. The molecule has 0 saturated heterocycles. The summed E-state index contributed by atoms with van der Waals surface area (Å²) in [6.45, 7) is 1.87. The molecule has 0 bridgehead atoms. The van der Waals surface area contributed by atoms with Gasteiger partial charge in [0.05, 0.1) is 11.3 Å². The standard InChI is InChI=1S/C19H25N5O2S/c1-12(27-19-23-22-17(24(19)2)11-10-16(20)25)18(26)21-15-9-5-7-13-6-3-4-8-14(13)15/h3-4,6,8,12,15H,5,7,9-11H2,1-2H3,(H2,20,25)(H,21,26)/t12-,15+/m0/s1. The molecular weight excluding hydrogens is 362 g/mol. The Labute approximate surface area is 163 Å². The van der Waals surface area contributed by atoms with Gasteiger partial charge in [0.15, 0.2) is 5.16 Å². The van der Waals surface area contributed by atoms with Crippen LogP contribution in [0.4, 0.5) is 0 Å². The molecule has 0 fully saturated rings. The normalized spacial score (nSPS) is 17.2. The van der Waals surface area contributed by atoms with Crippen molar-refractivity contribution >= 4 is 23.6 Å². The maximum Gasteiger partial charge on any atom is 0.233 e. The zero-order chi connectivity index (χ0) is 19.4. The Morgan fingerprint density at radius 3 is 2.93 bits per heavy atom. The number of fused-ring (bicyclic) bond motifs is 1. The Balaban J connectivity index is 1.61. The molecule has 0 aliphatic heterocycles. The summed E-state index contributed by atoms with van der Waals surface area (Å²) in [5.74, 6) is 0.307. The van der Waals surface area contributed by atoms with Gasteiger partial charge < -0.3 is 15.6 Å². The highest BCUT2D eigenvalue weighted by Crippen LogP contribution is 2.30. The van der Waals surface area contributed by atoms with Gasteiger partial charge in [-0.05, 0) is 37.3 Å². The number of hydrogen-bond donors (Lipinski definition) is 2. The maximum absolute atomic E-state index is 12.7. The number of aromatic nitrogens is 3. The summed E-state index contributed by atoms with van der Waals surface area (Å²) in [5, 5.41) is 11.8. The van der Waals surface area contributed by atoms with E-state index in [4.69, 9.17) is 5.73 Å². The van der Waals surface area contributed by atoms with E-state index in [0.29, 0.717) is 17.4 Å². The first-order chi connectivity index (χ1) is 13.0. The highest BCUT2D eigenvalue weighted by molar-refractivity contribution is 8.00. The fraction of sp³-hybridized carbons (Fsp3) is 0.474. The molecule has 0 unspecified atom stereocenters. The van der Waals surface area contributed by atoms with Gasteiger partial charge in [-0.25, -0.2) is 0 Å². The average Bonchev–Trinajstić information content (AvgIpc) is 3.00. The first-order valence-corrected chi connectivity index (χ1v) is 10.0. The lowest BCUT2D eigenvalue weighted by Crippen LogP contribution is -2.36. The zero-order valence-electron chi connectivity index (χ0n) is 15.6. The van der Waals surface area contributed by atoms with Gasteiger partial charge in [-0.2, -0.15) is 0 Å². The number of rotatable bonds is 7. The van der Waals surface area contributed by atoms with E-state index in [0.717, 1.165) is 19.3 Å². The topological polar surface area (TPSA) is 103 Å². The number of hydrogen-bond acceptors (Lipinski definition) is 5. The molecule has 3 rings (SSSR count). The van der Waals surface area contributed by atoms with Crippen molar-refractivity contribution in [2.75, 3.05) is 0 Å². The summed E-state index contributed by atoms with van der Waals surface area (Å²) >= 11 is 1.36. The van der Waals surface area contributed by atoms with Crippen LogP contribution >= 0.6 is 11.8 Å². The van der Waals surface area contributed by atoms with Crippen LogP contribution in [0.25, 0.3) is 0 Å². The average molecular weight is 388 g/mol. The van der Waals surface area contributed by atoms with Gasteiger partial charge in [-0.15, -0.1) is 10.2 Å². The van der Waals surface area contributed by atoms with E-state index in [2.05, 4.69) is 27.6 Å². The molecule has 0 radical (unpaired) electrons. The van der Waals surface area contributed by atoms with Crippen molar-refractivity contribution in [1.82, 2.24) is 20.1 Å². The monoisotopic (exact) mass is 387 g/mol. The number of carbonyl (C=O) groups is 2. The largest absolute Gasteiger partial charge is 0.370 e. The van der Waals surface area contributed by atoms with Gasteiger partial charge in [0.1, 0.15) is 5.82 Å². The lowest BCUT2D eigenvalue weighted by atomic mass is 9.88. The molecule has 0 saturated carbocycles. The van der Waals surface area contributed by atoms with E-state index in [1.165, 1.54) is 22.9 Å². The molecule has 1 aliphatic rings. The second kappa shape index (κ2) is 8.56. The molecule has 1 aromatic carbocycles. The summed E-state index contributed by atoms with van der Waals surface area (Å²) in [6, 6.07) is 8.38. The Hall–Kier alpha value is -2.35. The number of nitrogens with two attached hydrogens (primary N) is 1. The molecule has 2 amide bonds. The van der Waals surface area contributed by atoms with Crippen LogP contribution in [0.15, 0.2) is 29.4 Å². The summed E-state index contributed by atoms with van der Waals surface area (Å²) in [4.78, 5) is 23.6. The van der Waals surface area contributed by atoms with Crippen molar-refractivity contribution in [1.29, 1.82) is 0 Å². The van der Waals surface area contributed by atoms with Gasteiger partial charge in [0.25, 0.3) is 0 Å². The third-order valence-corrected chi connectivity index (χ3v) is 5.99. The van der Waals surface area contributed by atoms with Crippen LogP contribution in [-0.2, 0) is 29.5 Å². The number of amides is 2. The van der Waals surface area contributed by atoms with Gasteiger partial charge in [0.2, 0.25) is 11.8 Å². The van der Waals surface area contributed by atoms with E-state index in [-0.39, 0.29) is 29.5 Å². The lowest BCUT2D eigenvalue weighted by Gasteiger charge is -2.27. The number of carbonyl (C=O) groups excluding carboxylic acids is 2. The third kappa shape index (κ3) is 4.68. The minimum Gasteiger partial charge on any atom is -0.370 e. The highest BCUT2D eigenvalue weighted by atomic mass is 32.2. The molecule has 2 atom stereocenters. The van der Waals surface area contributed by atoms with Crippen LogP contribution < -0.4 is 11.1 Å². The Bertz CT molecular complexity index is 835. The van der Waals surface area contributed by atoms with E-state index in [1.54, 1.807) is 0 Å². The number of benzene rings is 1. The first-order valence-electron chi connectivity index (χ1n) is 9.17. The molecule has 8 heteroatoms. The summed E-state index contributed by atoms with van der Waals surface area (Å²) < 4.78 is 1.81. The SMILES string of the molecule is C[C@H](Sc1nnc(CCC(N)=O)n1C)C(=O)N[C@@H]1CCCc2ccccc21. The molecule has 3 N–H and O–H groups in total. The van der Waals surface area contributed by atoms with Crippen molar-refractivity contribution in [3.8, 4) is 0 Å². The first kappa shape index (κ1) is 19.4. The van der Waals surface area contributed by atoms with Crippen molar-refractivity contribution in [3.63, 3.8) is 0 Å². The molecule has 0 spiro atoms. The van der Waals surface area contributed by atoms with Crippen molar-refractivity contribution in [2.45, 2.75) is 55.5 Å². The number of nitrogens with one attached hydrogen (secondary N) is 1. The molecule has 1 heterocycles. The number of aryl methyl sites for hydroxylation is 2. The van der Waals surface area contributed by atoms with Crippen LogP contribution in [0, 0.1) is 0 Å². The van der Waals surface area contributed by atoms with E-state index < -0.39 is 0 Å². The summed E-state index contributed by atoms with van der Waals surface area (Å²) in [6.07, 6.45) is 3.78. The van der Waals surface area contributed by atoms with Gasteiger partial charge >= 0.3 is 0 Å². The van der Waals surface area contributed by atoms with Crippen LogP contribution in [0.5, 0.6) is 0 Å². The number of nitrogens with zero attached hydrogens (tertiary/aromatic N) is 3. The number of thioether (sulfide) groups is 1. The quantitative estimate of drug-likeness (QED) is 0.707. The molecule has 27 heavy (non-hydrogen) atoms. The van der Waals surface area contributed by atoms with Crippen LogP contribution in [0.2, 0.25) is 0 Å². The predicted octanol–water partition coefficient (Wildman–Crippen LogP) is 1.91. The molecule has 1 aromatic heterocycles.